The minimum atomic E-state index is -5.02. The highest BCUT2D eigenvalue weighted by Gasteiger charge is 2.62. The SMILES string of the molecule is CC[C@@H]1C[C@](O)(C(F)(F)F)C(Nc2cccc3c(=O)[nH]ccc23)c2cc(C)c(F)c(O)c21. The fourth-order valence-electron chi connectivity index (χ4n) is 4.66. The first-order valence-electron chi connectivity index (χ1n) is 10.2. The van der Waals surface area contributed by atoms with Crippen LogP contribution < -0.4 is 10.9 Å². The van der Waals surface area contributed by atoms with Crippen LogP contribution in [0.3, 0.4) is 0 Å². The molecular weight excluding hydrogens is 428 g/mol. The Bertz CT molecular complexity index is 1250. The number of aliphatic hydroxyl groups is 1. The molecule has 0 spiro atoms. The summed E-state index contributed by atoms with van der Waals surface area (Å²) in [5, 5.41) is 24.9. The highest BCUT2D eigenvalue weighted by Crippen LogP contribution is 2.55. The second-order valence-electron chi connectivity index (χ2n) is 8.24. The standard InChI is InChI=1S/C23H22F4N2O3/c1-3-12-10-22(32,23(25,26)27)20(15-9-11(2)18(24)19(30)17(12)15)29-16-6-4-5-14-13(16)7-8-28-21(14)31/h4-9,12,20,29-30,32H,3,10H2,1-2H3,(H,28,31)/t12-,20?,22-/m1/s1. The second-order valence-corrected chi connectivity index (χ2v) is 8.24. The monoisotopic (exact) mass is 450 g/mol. The first-order valence-corrected chi connectivity index (χ1v) is 10.2. The Hall–Kier alpha value is -3.07. The zero-order valence-electron chi connectivity index (χ0n) is 17.3. The maximum absolute atomic E-state index is 14.5. The van der Waals surface area contributed by atoms with Gasteiger partial charge in [-0.15, -0.1) is 0 Å². The van der Waals surface area contributed by atoms with Crippen LogP contribution in [0.25, 0.3) is 10.8 Å². The van der Waals surface area contributed by atoms with Gasteiger partial charge in [0, 0.05) is 28.2 Å². The average Bonchev–Trinajstić information content (AvgIpc) is 2.73. The summed E-state index contributed by atoms with van der Waals surface area (Å²) in [4.78, 5) is 14.6. The number of phenolic OH excluding ortho intramolecular Hbond substituents is 1. The van der Waals surface area contributed by atoms with Crippen molar-refractivity contribution in [3.05, 3.63) is 69.4 Å². The lowest BCUT2D eigenvalue weighted by molar-refractivity contribution is -0.272. The molecule has 0 saturated carbocycles. The predicted octanol–water partition coefficient (Wildman–Crippen LogP) is 5.03. The first-order chi connectivity index (χ1) is 15.0. The van der Waals surface area contributed by atoms with Crippen LogP contribution in [0.15, 0.2) is 41.3 Å². The molecule has 1 unspecified atom stereocenters. The van der Waals surface area contributed by atoms with E-state index in [0.29, 0.717) is 5.39 Å². The lowest BCUT2D eigenvalue weighted by Crippen LogP contribution is -2.55. The van der Waals surface area contributed by atoms with Crippen LogP contribution in [-0.2, 0) is 0 Å². The molecule has 2 aromatic carbocycles. The Morgan fingerprint density at radius 3 is 2.62 bits per heavy atom. The van der Waals surface area contributed by atoms with E-state index in [0.717, 1.165) is 0 Å². The molecule has 1 aromatic heterocycles. The molecule has 170 valence electrons. The van der Waals surface area contributed by atoms with E-state index in [4.69, 9.17) is 0 Å². The summed E-state index contributed by atoms with van der Waals surface area (Å²) in [6.45, 7) is 2.96. The van der Waals surface area contributed by atoms with Gasteiger partial charge in [0.2, 0.25) is 0 Å². The predicted molar refractivity (Wildman–Crippen MR) is 112 cm³/mol. The molecule has 3 aromatic rings. The number of hydrogen-bond donors (Lipinski definition) is 4. The molecular formula is C23H22F4N2O3. The van der Waals surface area contributed by atoms with Gasteiger partial charge in [-0.1, -0.05) is 19.1 Å². The number of H-pyrrole nitrogens is 1. The molecule has 9 heteroatoms. The van der Waals surface area contributed by atoms with Gasteiger partial charge in [-0.3, -0.25) is 4.79 Å². The Morgan fingerprint density at radius 2 is 1.97 bits per heavy atom. The largest absolute Gasteiger partial charge is 0.505 e. The minimum Gasteiger partial charge on any atom is -0.505 e. The quantitative estimate of drug-likeness (QED) is 0.422. The number of anilines is 1. The van der Waals surface area contributed by atoms with E-state index >= 15 is 0 Å². The topological polar surface area (TPSA) is 85.4 Å². The van der Waals surface area contributed by atoms with Crippen LogP contribution >= 0.6 is 0 Å². The molecule has 5 nitrogen and oxygen atoms in total. The molecule has 4 rings (SSSR count). The molecule has 0 aliphatic heterocycles. The number of halogens is 4. The zero-order valence-corrected chi connectivity index (χ0v) is 17.3. The summed E-state index contributed by atoms with van der Waals surface area (Å²) in [6, 6.07) is 5.58. The van der Waals surface area contributed by atoms with E-state index in [1.165, 1.54) is 43.5 Å². The van der Waals surface area contributed by atoms with E-state index in [1.807, 2.05) is 0 Å². The number of phenols is 1. The third-order valence-corrected chi connectivity index (χ3v) is 6.35. The van der Waals surface area contributed by atoms with Crippen LogP contribution in [0.5, 0.6) is 5.75 Å². The maximum Gasteiger partial charge on any atom is 0.419 e. The number of alkyl halides is 3. The minimum absolute atomic E-state index is 0.0267. The normalized spacial score (nSPS) is 23.2. The van der Waals surface area contributed by atoms with E-state index in [1.54, 1.807) is 6.92 Å². The molecule has 1 heterocycles. The fraction of sp³-hybridized carbons (Fsp3) is 0.348. The van der Waals surface area contributed by atoms with Gasteiger partial charge in [0.1, 0.15) is 0 Å². The van der Waals surface area contributed by atoms with Crippen LogP contribution in [0, 0.1) is 12.7 Å². The van der Waals surface area contributed by atoms with Crippen LogP contribution in [0.2, 0.25) is 0 Å². The molecule has 0 amide bonds. The van der Waals surface area contributed by atoms with Crippen LogP contribution in [0.4, 0.5) is 23.2 Å². The number of fused-ring (bicyclic) bond motifs is 2. The molecule has 32 heavy (non-hydrogen) atoms. The molecule has 3 atom stereocenters. The van der Waals surface area contributed by atoms with Crippen LogP contribution in [0.1, 0.15) is 48.4 Å². The summed E-state index contributed by atoms with van der Waals surface area (Å²) in [5.41, 5.74) is -3.42. The Labute approximate surface area is 180 Å². The number of aromatic nitrogens is 1. The number of aromatic amines is 1. The van der Waals surface area contributed by atoms with Crippen molar-refractivity contribution < 1.29 is 27.8 Å². The summed E-state index contributed by atoms with van der Waals surface area (Å²) < 4.78 is 57.2. The summed E-state index contributed by atoms with van der Waals surface area (Å²) >= 11 is 0. The van der Waals surface area contributed by atoms with Gasteiger partial charge >= 0.3 is 6.18 Å². The average molecular weight is 450 g/mol. The van der Waals surface area contributed by atoms with Gasteiger partial charge in [0.05, 0.1) is 6.04 Å². The number of aromatic hydroxyl groups is 1. The highest BCUT2D eigenvalue weighted by atomic mass is 19.4. The lowest BCUT2D eigenvalue weighted by atomic mass is 9.68. The Kier molecular flexibility index (Phi) is 5.20. The third-order valence-electron chi connectivity index (χ3n) is 6.35. The number of aryl methyl sites for hydroxylation is 1. The van der Waals surface area contributed by atoms with Gasteiger partial charge in [0.25, 0.3) is 5.56 Å². The van der Waals surface area contributed by atoms with Gasteiger partial charge in [0.15, 0.2) is 17.2 Å². The molecule has 4 N–H and O–H groups in total. The zero-order chi connectivity index (χ0) is 23.4. The molecule has 1 aliphatic carbocycles. The molecule has 0 radical (unpaired) electrons. The molecule has 0 fully saturated rings. The van der Waals surface area contributed by atoms with Crippen molar-refractivity contribution in [3.63, 3.8) is 0 Å². The van der Waals surface area contributed by atoms with Crippen molar-refractivity contribution in [2.75, 3.05) is 5.32 Å². The van der Waals surface area contributed by atoms with E-state index in [2.05, 4.69) is 10.3 Å². The summed E-state index contributed by atoms with van der Waals surface area (Å²) in [6.07, 6.45) is -4.23. The third kappa shape index (κ3) is 3.23. The molecule has 1 aliphatic rings. The van der Waals surface area contributed by atoms with Gasteiger partial charge in [-0.25, -0.2) is 4.39 Å². The molecule has 0 bridgehead atoms. The lowest BCUT2D eigenvalue weighted by Gasteiger charge is -2.46. The Morgan fingerprint density at radius 1 is 1.25 bits per heavy atom. The number of rotatable bonds is 3. The number of hydrogen-bond acceptors (Lipinski definition) is 4. The van der Waals surface area contributed by atoms with Crippen molar-refractivity contribution in [3.8, 4) is 5.75 Å². The fourth-order valence-corrected chi connectivity index (χ4v) is 4.66. The van der Waals surface area contributed by atoms with E-state index < -0.39 is 47.3 Å². The molecule has 0 saturated heterocycles. The van der Waals surface area contributed by atoms with Gasteiger partial charge < -0.3 is 20.5 Å². The maximum atomic E-state index is 14.5. The van der Waals surface area contributed by atoms with Crippen molar-refractivity contribution in [2.24, 2.45) is 0 Å². The van der Waals surface area contributed by atoms with Crippen molar-refractivity contribution in [2.45, 2.75) is 50.4 Å². The Balaban J connectivity index is 1.98. The van der Waals surface area contributed by atoms with Crippen LogP contribution in [-0.4, -0.2) is 27.0 Å². The summed E-state index contributed by atoms with van der Waals surface area (Å²) in [5.74, 6) is -2.49. The van der Waals surface area contributed by atoms with Gasteiger partial charge in [-0.05, 0) is 55.0 Å². The number of benzene rings is 2. The van der Waals surface area contributed by atoms with Crippen molar-refractivity contribution in [1.29, 1.82) is 0 Å². The van der Waals surface area contributed by atoms with Gasteiger partial charge in [-0.2, -0.15) is 13.2 Å². The smallest absolute Gasteiger partial charge is 0.419 e. The summed E-state index contributed by atoms with van der Waals surface area (Å²) in [7, 11) is 0. The van der Waals surface area contributed by atoms with Crippen molar-refractivity contribution >= 4 is 16.5 Å². The number of nitrogens with one attached hydrogen (secondary N) is 2. The first kappa shape index (κ1) is 22.1. The second kappa shape index (κ2) is 7.51. The number of pyridine rings is 1. The van der Waals surface area contributed by atoms with Crippen molar-refractivity contribution in [1.82, 2.24) is 4.98 Å². The van der Waals surface area contributed by atoms with E-state index in [9.17, 15) is 32.6 Å². The van der Waals surface area contributed by atoms with E-state index in [-0.39, 0.29) is 34.2 Å². The highest BCUT2D eigenvalue weighted by molar-refractivity contribution is 5.93.